The third kappa shape index (κ3) is 4.85. The highest BCUT2D eigenvalue weighted by atomic mass is 16.6. The Balaban J connectivity index is 2.13. The molecule has 0 aromatic heterocycles. The summed E-state index contributed by atoms with van der Waals surface area (Å²) in [5, 5.41) is 2.67. The zero-order valence-electron chi connectivity index (χ0n) is 16.4. The van der Waals surface area contributed by atoms with Crippen LogP contribution in [-0.2, 0) is 9.53 Å². The number of nitrogens with one attached hydrogen (secondary N) is 1. The summed E-state index contributed by atoms with van der Waals surface area (Å²) in [6.45, 7) is 1.47. The number of anilines is 1. The summed E-state index contributed by atoms with van der Waals surface area (Å²) in [5.74, 6) is 0.358. The van der Waals surface area contributed by atoms with Gasteiger partial charge in [-0.15, -0.1) is 0 Å². The lowest BCUT2D eigenvalue weighted by atomic mass is 10.1. The maximum atomic E-state index is 12.6. The van der Waals surface area contributed by atoms with Crippen molar-refractivity contribution in [2.24, 2.45) is 0 Å². The predicted octanol–water partition coefficient (Wildman–Crippen LogP) is 2.91. The van der Waals surface area contributed by atoms with Crippen LogP contribution >= 0.6 is 0 Å². The van der Waals surface area contributed by atoms with E-state index in [9.17, 15) is 9.59 Å². The number of methoxy groups -OCH3 is 4. The number of esters is 1. The van der Waals surface area contributed by atoms with Gasteiger partial charge < -0.3 is 29.0 Å². The van der Waals surface area contributed by atoms with E-state index in [2.05, 4.69) is 5.32 Å². The van der Waals surface area contributed by atoms with Gasteiger partial charge in [-0.1, -0.05) is 6.07 Å². The first-order valence-corrected chi connectivity index (χ1v) is 8.39. The molecule has 28 heavy (non-hydrogen) atoms. The molecule has 0 spiro atoms. The molecule has 2 rings (SSSR count). The summed E-state index contributed by atoms with van der Waals surface area (Å²) in [4.78, 5) is 24.9. The van der Waals surface area contributed by atoms with Crippen LogP contribution in [0.25, 0.3) is 0 Å². The first kappa shape index (κ1) is 20.9. The second-order valence-corrected chi connectivity index (χ2v) is 5.68. The molecule has 1 amide bonds. The van der Waals surface area contributed by atoms with Crippen molar-refractivity contribution in [2.45, 2.75) is 13.0 Å². The minimum absolute atomic E-state index is 0.112. The average Bonchev–Trinajstić information content (AvgIpc) is 2.72. The lowest BCUT2D eigenvalue weighted by molar-refractivity contribution is -0.123. The lowest BCUT2D eigenvalue weighted by Crippen LogP contribution is -2.30. The molecule has 8 heteroatoms. The average molecular weight is 389 g/mol. The minimum Gasteiger partial charge on any atom is -0.497 e. The van der Waals surface area contributed by atoms with Crippen molar-refractivity contribution >= 4 is 17.6 Å². The summed E-state index contributed by atoms with van der Waals surface area (Å²) in [5.41, 5.74) is 0.636. The molecule has 2 aromatic carbocycles. The highest BCUT2D eigenvalue weighted by molar-refractivity contribution is 5.98. The van der Waals surface area contributed by atoms with Crippen LogP contribution in [0.15, 0.2) is 36.4 Å². The Morgan fingerprint density at radius 2 is 1.50 bits per heavy atom. The van der Waals surface area contributed by atoms with Gasteiger partial charge in [0, 0.05) is 23.9 Å². The first-order valence-electron chi connectivity index (χ1n) is 8.39. The Labute approximate surface area is 163 Å². The molecule has 0 heterocycles. The number of amides is 1. The summed E-state index contributed by atoms with van der Waals surface area (Å²) in [6, 6.07) is 9.79. The van der Waals surface area contributed by atoms with Crippen LogP contribution in [0.5, 0.6) is 23.0 Å². The number of hydrogen-bond acceptors (Lipinski definition) is 7. The monoisotopic (exact) mass is 389 g/mol. The molecule has 0 radical (unpaired) electrons. The van der Waals surface area contributed by atoms with E-state index in [4.69, 9.17) is 23.7 Å². The van der Waals surface area contributed by atoms with Crippen LogP contribution in [0.2, 0.25) is 0 Å². The van der Waals surface area contributed by atoms with E-state index in [1.165, 1.54) is 47.5 Å². The van der Waals surface area contributed by atoms with E-state index in [1.54, 1.807) is 24.3 Å². The SMILES string of the molecule is COc1cccc(NC(=O)[C@H](C)OC(=O)c2cc(OC)c(OC)cc2OC)c1. The van der Waals surface area contributed by atoms with Gasteiger partial charge in [-0.05, 0) is 19.1 Å². The van der Waals surface area contributed by atoms with Crippen molar-refractivity contribution in [3.63, 3.8) is 0 Å². The van der Waals surface area contributed by atoms with E-state index in [-0.39, 0.29) is 11.3 Å². The summed E-state index contributed by atoms with van der Waals surface area (Å²) < 4.78 is 26.0. The molecule has 0 fully saturated rings. The molecule has 1 N–H and O–H groups in total. The van der Waals surface area contributed by atoms with Crippen molar-refractivity contribution in [1.82, 2.24) is 0 Å². The Hall–Kier alpha value is -3.42. The van der Waals surface area contributed by atoms with Gasteiger partial charge in [0.15, 0.2) is 17.6 Å². The van der Waals surface area contributed by atoms with Gasteiger partial charge in [-0.25, -0.2) is 4.79 Å². The molecule has 0 saturated carbocycles. The zero-order valence-corrected chi connectivity index (χ0v) is 16.4. The number of rotatable bonds is 8. The third-order valence-electron chi connectivity index (χ3n) is 3.92. The second-order valence-electron chi connectivity index (χ2n) is 5.68. The second kappa shape index (κ2) is 9.50. The zero-order chi connectivity index (χ0) is 20.7. The summed E-state index contributed by atoms with van der Waals surface area (Å²) >= 11 is 0. The molecule has 0 aliphatic carbocycles. The van der Waals surface area contributed by atoms with Crippen LogP contribution < -0.4 is 24.3 Å². The maximum Gasteiger partial charge on any atom is 0.342 e. The van der Waals surface area contributed by atoms with E-state index in [1.807, 2.05) is 0 Å². The number of carbonyl (C=O) groups excluding carboxylic acids is 2. The first-order chi connectivity index (χ1) is 13.4. The Morgan fingerprint density at radius 3 is 2.11 bits per heavy atom. The van der Waals surface area contributed by atoms with E-state index in [0.717, 1.165) is 0 Å². The Kier molecular flexibility index (Phi) is 7.08. The molecule has 0 bridgehead atoms. The Morgan fingerprint density at radius 1 is 0.857 bits per heavy atom. The molecule has 150 valence electrons. The molecule has 0 unspecified atom stereocenters. The van der Waals surface area contributed by atoms with Gasteiger partial charge in [0.25, 0.3) is 5.91 Å². The third-order valence-corrected chi connectivity index (χ3v) is 3.92. The summed E-state index contributed by atoms with van der Waals surface area (Å²) in [7, 11) is 5.86. The van der Waals surface area contributed by atoms with Crippen molar-refractivity contribution < 1.29 is 33.3 Å². The van der Waals surface area contributed by atoms with E-state index < -0.39 is 18.0 Å². The largest absolute Gasteiger partial charge is 0.497 e. The lowest BCUT2D eigenvalue weighted by Gasteiger charge is -2.16. The van der Waals surface area contributed by atoms with Crippen LogP contribution in [0.4, 0.5) is 5.69 Å². The van der Waals surface area contributed by atoms with Crippen molar-refractivity contribution in [3.8, 4) is 23.0 Å². The fraction of sp³-hybridized carbons (Fsp3) is 0.300. The van der Waals surface area contributed by atoms with Gasteiger partial charge >= 0.3 is 5.97 Å². The molecule has 0 aliphatic heterocycles. The topological polar surface area (TPSA) is 92.3 Å². The highest BCUT2D eigenvalue weighted by Crippen LogP contribution is 2.35. The number of ether oxygens (including phenoxy) is 5. The fourth-order valence-corrected chi connectivity index (χ4v) is 2.41. The Bertz CT molecular complexity index is 850. The number of benzene rings is 2. The standard InChI is InChI=1S/C20H23NO7/c1-12(19(22)21-13-7-6-8-14(9-13)24-2)28-20(23)15-10-17(26-4)18(27-5)11-16(15)25-3/h6-12H,1-5H3,(H,21,22)/t12-/m0/s1. The van der Waals surface area contributed by atoms with Gasteiger partial charge in [0.2, 0.25) is 0 Å². The minimum atomic E-state index is -1.04. The molecule has 8 nitrogen and oxygen atoms in total. The van der Waals surface area contributed by atoms with Crippen LogP contribution in [0.1, 0.15) is 17.3 Å². The van der Waals surface area contributed by atoms with E-state index in [0.29, 0.717) is 22.9 Å². The molecule has 0 aliphatic rings. The quantitative estimate of drug-likeness (QED) is 0.694. The van der Waals surface area contributed by atoms with Crippen LogP contribution in [-0.4, -0.2) is 46.4 Å². The fourth-order valence-electron chi connectivity index (χ4n) is 2.41. The molecular formula is C20H23NO7. The van der Waals surface area contributed by atoms with Gasteiger partial charge in [0.1, 0.15) is 17.1 Å². The van der Waals surface area contributed by atoms with Crippen molar-refractivity contribution in [3.05, 3.63) is 42.0 Å². The normalized spacial score (nSPS) is 11.2. The maximum absolute atomic E-state index is 12.6. The van der Waals surface area contributed by atoms with Gasteiger partial charge in [-0.2, -0.15) is 0 Å². The van der Waals surface area contributed by atoms with Crippen molar-refractivity contribution in [1.29, 1.82) is 0 Å². The van der Waals surface area contributed by atoms with Gasteiger partial charge in [0.05, 0.1) is 28.4 Å². The summed E-state index contributed by atoms with van der Waals surface area (Å²) in [6.07, 6.45) is -1.04. The van der Waals surface area contributed by atoms with E-state index >= 15 is 0 Å². The highest BCUT2D eigenvalue weighted by Gasteiger charge is 2.24. The molecule has 1 atom stereocenters. The molecular weight excluding hydrogens is 366 g/mol. The predicted molar refractivity (Wildman–Crippen MR) is 103 cm³/mol. The molecule has 0 saturated heterocycles. The van der Waals surface area contributed by atoms with Crippen LogP contribution in [0.3, 0.4) is 0 Å². The number of hydrogen-bond donors (Lipinski definition) is 1. The van der Waals surface area contributed by atoms with Crippen LogP contribution in [0, 0.1) is 0 Å². The number of carbonyl (C=O) groups is 2. The smallest absolute Gasteiger partial charge is 0.342 e. The molecule has 2 aromatic rings. The van der Waals surface area contributed by atoms with Gasteiger partial charge in [-0.3, -0.25) is 4.79 Å². The van der Waals surface area contributed by atoms with Crippen molar-refractivity contribution in [2.75, 3.05) is 33.8 Å².